The number of rotatable bonds is 1. The van der Waals surface area contributed by atoms with Crippen LogP contribution in [0.4, 0.5) is 0 Å². The minimum Gasteiger partial charge on any atom is -0.501 e. The van der Waals surface area contributed by atoms with Crippen LogP contribution in [0.3, 0.4) is 0 Å². The van der Waals surface area contributed by atoms with Gasteiger partial charge in [-0.25, -0.2) is 0 Å². The largest absolute Gasteiger partial charge is 0.501 e. The second kappa shape index (κ2) is 2.88. The van der Waals surface area contributed by atoms with E-state index in [-0.39, 0.29) is 0 Å². The van der Waals surface area contributed by atoms with Gasteiger partial charge in [-0.3, -0.25) is 0 Å². The SMILES string of the molecule is CC1=COCC1CC(C)(C)C. The molecule has 0 saturated heterocycles. The Hall–Kier alpha value is -0.460. The van der Waals surface area contributed by atoms with Crippen molar-refractivity contribution in [2.45, 2.75) is 34.1 Å². The summed E-state index contributed by atoms with van der Waals surface area (Å²) in [5.41, 5.74) is 1.83. The van der Waals surface area contributed by atoms with Crippen molar-refractivity contribution in [2.75, 3.05) is 6.61 Å². The highest BCUT2D eigenvalue weighted by Crippen LogP contribution is 2.31. The lowest BCUT2D eigenvalue weighted by Gasteiger charge is -2.22. The molecule has 0 N–H and O–H groups in total. The van der Waals surface area contributed by atoms with Crippen LogP contribution in [0.15, 0.2) is 11.8 Å². The molecule has 0 bridgehead atoms. The van der Waals surface area contributed by atoms with Crippen LogP contribution < -0.4 is 0 Å². The lowest BCUT2D eigenvalue weighted by molar-refractivity contribution is 0.213. The predicted molar refractivity (Wildman–Crippen MR) is 47.3 cm³/mol. The molecular weight excluding hydrogens is 136 g/mol. The quantitative estimate of drug-likeness (QED) is 0.564. The van der Waals surface area contributed by atoms with Crippen LogP contribution in [0.2, 0.25) is 0 Å². The Morgan fingerprint density at radius 3 is 2.55 bits per heavy atom. The van der Waals surface area contributed by atoms with Crippen molar-refractivity contribution in [1.29, 1.82) is 0 Å². The third-order valence-corrected chi connectivity index (χ3v) is 2.07. The van der Waals surface area contributed by atoms with Gasteiger partial charge in [0.2, 0.25) is 0 Å². The zero-order valence-electron chi connectivity index (χ0n) is 7.98. The topological polar surface area (TPSA) is 9.23 Å². The average molecular weight is 154 g/mol. The first-order valence-electron chi connectivity index (χ1n) is 4.27. The van der Waals surface area contributed by atoms with Crippen LogP contribution in [0.25, 0.3) is 0 Å². The Kier molecular flexibility index (Phi) is 2.26. The Balaban J connectivity index is 2.45. The summed E-state index contributed by atoms with van der Waals surface area (Å²) >= 11 is 0. The van der Waals surface area contributed by atoms with Gasteiger partial charge in [0, 0.05) is 5.92 Å². The smallest absolute Gasteiger partial charge is 0.0939 e. The molecule has 1 rings (SSSR count). The number of ether oxygens (including phenoxy) is 1. The van der Waals surface area contributed by atoms with Gasteiger partial charge in [0.05, 0.1) is 12.9 Å². The van der Waals surface area contributed by atoms with Gasteiger partial charge in [0.1, 0.15) is 0 Å². The second-order valence-electron chi connectivity index (χ2n) is 4.66. The van der Waals surface area contributed by atoms with Crippen LogP contribution in [0.1, 0.15) is 34.1 Å². The second-order valence-corrected chi connectivity index (χ2v) is 4.66. The molecule has 0 aromatic rings. The third kappa shape index (κ3) is 2.57. The van der Waals surface area contributed by atoms with Gasteiger partial charge in [-0.1, -0.05) is 20.8 Å². The highest BCUT2D eigenvalue weighted by Gasteiger charge is 2.23. The number of hydrogen-bond acceptors (Lipinski definition) is 1. The molecule has 1 heterocycles. The highest BCUT2D eigenvalue weighted by molar-refractivity contribution is 5.05. The number of hydrogen-bond donors (Lipinski definition) is 0. The van der Waals surface area contributed by atoms with E-state index in [0.717, 1.165) is 6.61 Å². The van der Waals surface area contributed by atoms with Gasteiger partial charge in [-0.2, -0.15) is 0 Å². The lowest BCUT2D eigenvalue weighted by atomic mass is 9.83. The molecule has 1 atom stereocenters. The molecule has 1 aliphatic rings. The molecule has 0 fully saturated rings. The van der Waals surface area contributed by atoms with Crippen LogP contribution in [0.5, 0.6) is 0 Å². The van der Waals surface area contributed by atoms with Gasteiger partial charge in [-0.05, 0) is 24.3 Å². The standard InChI is InChI=1S/C10H18O/c1-8-6-11-7-9(8)5-10(2,3)4/h6,9H,5,7H2,1-4H3. The Bertz CT molecular complexity index is 162. The Labute approximate surface area is 69.4 Å². The molecule has 0 saturated carbocycles. The molecule has 0 spiro atoms. The molecule has 1 unspecified atom stereocenters. The summed E-state index contributed by atoms with van der Waals surface area (Å²) in [5, 5.41) is 0. The van der Waals surface area contributed by atoms with Crippen molar-refractivity contribution < 1.29 is 4.74 Å². The van der Waals surface area contributed by atoms with E-state index in [1.807, 2.05) is 6.26 Å². The predicted octanol–water partition coefficient (Wildman–Crippen LogP) is 2.97. The minimum absolute atomic E-state index is 0.424. The lowest BCUT2D eigenvalue weighted by Crippen LogP contribution is -2.14. The molecular formula is C10H18O. The summed E-state index contributed by atoms with van der Waals surface area (Å²) in [5.74, 6) is 0.662. The van der Waals surface area contributed by atoms with Crippen molar-refractivity contribution in [3.8, 4) is 0 Å². The molecule has 0 radical (unpaired) electrons. The molecule has 64 valence electrons. The first-order chi connectivity index (χ1) is 4.99. The van der Waals surface area contributed by atoms with Crippen molar-refractivity contribution in [2.24, 2.45) is 11.3 Å². The first-order valence-corrected chi connectivity index (χ1v) is 4.27. The molecule has 0 aromatic carbocycles. The van der Waals surface area contributed by atoms with Crippen molar-refractivity contribution >= 4 is 0 Å². The molecule has 11 heavy (non-hydrogen) atoms. The van der Waals surface area contributed by atoms with Crippen LogP contribution >= 0.6 is 0 Å². The fourth-order valence-electron chi connectivity index (χ4n) is 1.48. The first kappa shape index (κ1) is 8.63. The van der Waals surface area contributed by atoms with Gasteiger partial charge < -0.3 is 4.74 Å². The zero-order valence-corrected chi connectivity index (χ0v) is 7.98. The minimum atomic E-state index is 0.424. The monoisotopic (exact) mass is 154 g/mol. The van der Waals surface area contributed by atoms with Crippen LogP contribution in [-0.4, -0.2) is 6.61 Å². The van der Waals surface area contributed by atoms with E-state index in [1.54, 1.807) is 0 Å². The van der Waals surface area contributed by atoms with Gasteiger partial charge in [0.15, 0.2) is 0 Å². The molecule has 0 aliphatic carbocycles. The Morgan fingerprint density at radius 1 is 1.55 bits per heavy atom. The zero-order chi connectivity index (χ0) is 8.48. The highest BCUT2D eigenvalue weighted by atomic mass is 16.5. The van der Waals surface area contributed by atoms with E-state index < -0.39 is 0 Å². The average Bonchev–Trinajstić information content (AvgIpc) is 2.12. The fourth-order valence-corrected chi connectivity index (χ4v) is 1.48. The summed E-state index contributed by atoms with van der Waals surface area (Å²) in [6.07, 6.45) is 3.13. The third-order valence-electron chi connectivity index (χ3n) is 2.07. The van der Waals surface area contributed by atoms with E-state index in [9.17, 15) is 0 Å². The molecule has 0 aromatic heterocycles. The summed E-state index contributed by atoms with van der Waals surface area (Å²) in [4.78, 5) is 0. The van der Waals surface area contributed by atoms with E-state index in [4.69, 9.17) is 4.74 Å². The summed E-state index contributed by atoms with van der Waals surface area (Å²) in [6.45, 7) is 9.88. The van der Waals surface area contributed by atoms with Gasteiger partial charge >= 0.3 is 0 Å². The van der Waals surface area contributed by atoms with Crippen LogP contribution in [0, 0.1) is 11.3 Å². The summed E-state index contributed by atoms with van der Waals surface area (Å²) in [6, 6.07) is 0. The van der Waals surface area contributed by atoms with Crippen molar-refractivity contribution in [1.82, 2.24) is 0 Å². The maximum atomic E-state index is 5.25. The maximum absolute atomic E-state index is 5.25. The van der Waals surface area contributed by atoms with E-state index in [2.05, 4.69) is 27.7 Å². The Morgan fingerprint density at radius 2 is 2.18 bits per heavy atom. The van der Waals surface area contributed by atoms with Crippen molar-refractivity contribution in [3.05, 3.63) is 11.8 Å². The van der Waals surface area contributed by atoms with Gasteiger partial charge in [0.25, 0.3) is 0 Å². The van der Waals surface area contributed by atoms with E-state index in [1.165, 1.54) is 12.0 Å². The fraction of sp³-hybridized carbons (Fsp3) is 0.800. The van der Waals surface area contributed by atoms with E-state index >= 15 is 0 Å². The van der Waals surface area contributed by atoms with Crippen molar-refractivity contribution in [3.63, 3.8) is 0 Å². The molecule has 1 heteroatoms. The molecule has 1 nitrogen and oxygen atoms in total. The molecule has 0 amide bonds. The van der Waals surface area contributed by atoms with E-state index in [0.29, 0.717) is 11.3 Å². The summed E-state index contributed by atoms with van der Waals surface area (Å²) in [7, 11) is 0. The molecule has 1 aliphatic heterocycles. The summed E-state index contributed by atoms with van der Waals surface area (Å²) < 4.78 is 5.25. The van der Waals surface area contributed by atoms with Gasteiger partial charge in [-0.15, -0.1) is 0 Å². The normalized spacial score (nSPS) is 24.7. The van der Waals surface area contributed by atoms with Crippen LogP contribution in [-0.2, 0) is 4.74 Å². The maximum Gasteiger partial charge on any atom is 0.0939 e.